The summed E-state index contributed by atoms with van der Waals surface area (Å²) in [4.78, 5) is 30.4. The normalized spacial score (nSPS) is 22.1. The van der Waals surface area contributed by atoms with E-state index in [1.807, 2.05) is 31.5 Å². The second-order valence-corrected chi connectivity index (χ2v) is 10.2. The van der Waals surface area contributed by atoms with Crippen LogP contribution in [0.25, 0.3) is 0 Å². The van der Waals surface area contributed by atoms with Gasteiger partial charge in [0.25, 0.3) is 5.91 Å². The van der Waals surface area contributed by atoms with Crippen LogP contribution in [0.1, 0.15) is 50.4 Å². The summed E-state index contributed by atoms with van der Waals surface area (Å²) < 4.78 is 15.9. The van der Waals surface area contributed by atoms with Crippen LogP contribution in [0.4, 0.5) is 9.18 Å². The number of likely N-dealkylation sites (tertiary alicyclic amines) is 1. The molecule has 1 aromatic carbocycles. The number of carbonyl (C=O) groups excluding carboxylic acids is 2. The van der Waals surface area contributed by atoms with Gasteiger partial charge in [-0.15, -0.1) is 0 Å². The lowest BCUT2D eigenvalue weighted by molar-refractivity contribution is -0.134. The molecule has 8 heteroatoms. The Hall–Kier alpha value is -2.74. The zero-order valence-electron chi connectivity index (χ0n) is 20.7. The highest BCUT2D eigenvalue weighted by Gasteiger charge is 2.55. The van der Waals surface area contributed by atoms with Crippen molar-refractivity contribution in [3.63, 3.8) is 0 Å². The maximum atomic E-state index is 14.0. The lowest BCUT2D eigenvalue weighted by atomic mass is 9.73. The van der Waals surface area contributed by atoms with E-state index < -0.39 is 5.54 Å². The molecule has 0 bridgehead atoms. The van der Waals surface area contributed by atoms with Gasteiger partial charge in [-0.25, -0.2) is 9.18 Å². The number of urea groups is 1. The molecule has 4 rings (SSSR count). The maximum Gasteiger partial charge on any atom is 0.325 e. The van der Waals surface area contributed by atoms with E-state index in [1.165, 1.54) is 22.6 Å². The first kappa shape index (κ1) is 24.4. The van der Waals surface area contributed by atoms with Crippen LogP contribution in [0.3, 0.4) is 0 Å². The number of rotatable bonds is 8. The van der Waals surface area contributed by atoms with E-state index in [0.29, 0.717) is 13.0 Å². The van der Waals surface area contributed by atoms with E-state index in [0.717, 1.165) is 50.3 Å². The van der Waals surface area contributed by atoms with Crippen LogP contribution >= 0.6 is 0 Å². The van der Waals surface area contributed by atoms with Gasteiger partial charge in [0.1, 0.15) is 11.4 Å². The number of nitrogens with zero attached hydrogens (tertiary/aromatic N) is 4. The molecule has 7 nitrogen and oxygen atoms in total. The third-order valence-electron chi connectivity index (χ3n) is 7.17. The second kappa shape index (κ2) is 9.86. The van der Waals surface area contributed by atoms with Gasteiger partial charge in [0.05, 0.1) is 5.69 Å². The molecule has 1 atom stereocenters. The van der Waals surface area contributed by atoms with Crippen LogP contribution in [0.5, 0.6) is 0 Å². The van der Waals surface area contributed by atoms with E-state index in [2.05, 4.69) is 28.4 Å². The highest BCUT2D eigenvalue weighted by atomic mass is 19.1. The number of hydrogen-bond acceptors (Lipinski definition) is 4. The van der Waals surface area contributed by atoms with E-state index in [9.17, 15) is 14.0 Å². The van der Waals surface area contributed by atoms with E-state index in [1.54, 1.807) is 6.07 Å². The van der Waals surface area contributed by atoms with Crippen LogP contribution in [-0.2, 0) is 24.3 Å². The first-order chi connectivity index (χ1) is 16.2. The number of carbonyl (C=O) groups is 2. The number of benzene rings is 1. The Kier molecular flexibility index (Phi) is 7.07. The molecule has 0 aliphatic carbocycles. The van der Waals surface area contributed by atoms with Gasteiger partial charge in [-0.05, 0) is 69.3 Å². The summed E-state index contributed by atoms with van der Waals surface area (Å²) in [6.45, 7) is 11.8. The third-order valence-corrected chi connectivity index (χ3v) is 7.17. The number of halogens is 1. The minimum absolute atomic E-state index is 0.0138. The van der Waals surface area contributed by atoms with Crippen molar-refractivity contribution in [2.45, 2.75) is 65.6 Å². The zero-order valence-corrected chi connectivity index (χ0v) is 20.7. The second-order valence-electron chi connectivity index (χ2n) is 10.2. The number of aryl methyl sites for hydroxylation is 2. The largest absolute Gasteiger partial charge is 0.325 e. The summed E-state index contributed by atoms with van der Waals surface area (Å²) in [6.07, 6.45) is 3.99. The lowest BCUT2D eigenvalue weighted by Crippen LogP contribution is -2.57. The van der Waals surface area contributed by atoms with Crippen LogP contribution in [0, 0.1) is 24.6 Å². The molecule has 0 spiro atoms. The van der Waals surface area contributed by atoms with Gasteiger partial charge in [-0.3, -0.25) is 19.3 Å². The Labute approximate surface area is 201 Å². The summed E-state index contributed by atoms with van der Waals surface area (Å²) >= 11 is 0. The van der Waals surface area contributed by atoms with Crippen molar-refractivity contribution >= 4 is 11.9 Å². The minimum atomic E-state index is -1.03. The van der Waals surface area contributed by atoms with Crippen molar-refractivity contribution in [2.24, 2.45) is 11.8 Å². The lowest BCUT2D eigenvalue weighted by Gasteiger charge is -2.41. The van der Waals surface area contributed by atoms with Crippen LogP contribution in [0.15, 0.2) is 30.5 Å². The topological polar surface area (TPSA) is 70.5 Å². The van der Waals surface area contributed by atoms with Crippen molar-refractivity contribution in [1.29, 1.82) is 0 Å². The molecule has 3 heterocycles. The first-order valence-electron chi connectivity index (χ1n) is 12.4. The molecule has 184 valence electrons. The third kappa shape index (κ3) is 4.87. The Morgan fingerprint density at radius 2 is 1.97 bits per heavy atom. The van der Waals surface area contributed by atoms with Crippen LogP contribution < -0.4 is 5.32 Å². The average Bonchev–Trinajstić information content (AvgIpc) is 3.26. The van der Waals surface area contributed by atoms with Gasteiger partial charge in [0.2, 0.25) is 0 Å². The molecule has 0 saturated carbocycles. The monoisotopic (exact) mass is 469 g/mol. The molecule has 2 saturated heterocycles. The summed E-state index contributed by atoms with van der Waals surface area (Å²) in [7, 11) is 0. The highest BCUT2D eigenvalue weighted by Crippen LogP contribution is 2.37. The standard InChI is InChI=1S/C26H36FN5O2/c1-5-31-17-21(19(4)29-31)16-30-11-9-22(10-12-30)26(14-20-7-6-8-23(27)13-20)24(33)32(15-18(2)3)25(34)28-26/h6-8,13,17-18,22H,5,9-12,14-16H2,1-4H3,(H,28,34)/t26-/m0/s1. The fraction of sp³-hybridized carbons (Fsp3) is 0.577. The quantitative estimate of drug-likeness (QED) is 0.598. The molecule has 3 amide bonds. The average molecular weight is 470 g/mol. The van der Waals surface area contributed by atoms with Crippen molar-refractivity contribution in [3.8, 4) is 0 Å². The van der Waals surface area contributed by atoms with Crippen molar-refractivity contribution in [3.05, 3.63) is 53.1 Å². The van der Waals surface area contributed by atoms with E-state index in [-0.39, 0.29) is 29.6 Å². The minimum Gasteiger partial charge on any atom is -0.322 e. The van der Waals surface area contributed by atoms with Gasteiger partial charge < -0.3 is 5.32 Å². The molecular weight excluding hydrogens is 433 g/mol. The molecule has 2 fully saturated rings. The summed E-state index contributed by atoms with van der Waals surface area (Å²) in [5.41, 5.74) is 1.97. The maximum absolute atomic E-state index is 14.0. The van der Waals surface area contributed by atoms with Gasteiger partial charge >= 0.3 is 6.03 Å². The first-order valence-corrected chi connectivity index (χ1v) is 12.4. The number of piperidine rings is 1. The smallest absolute Gasteiger partial charge is 0.322 e. The number of nitrogens with one attached hydrogen (secondary N) is 1. The molecule has 0 unspecified atom stereocenters. The van der Waals surface area contributed by atoms with Gasteiger partial charge in [-0.1, -0.05) is 26.0 Å². The van der Waals surface area contributed by atoms with Crippen molar-refractivity contribution in [1.82, 2.24) is 24.9 Å². The number of aromatic nitrogens is 2. The number of amides is 3. The Bertz CT molecular complexity index is 1040. The van der Waals surface area contributed by atoms with Gasteiger partial charge in [0, 0.05) is 37.8 Å². The molecule has 1 aromatic heterocycles. The predicted molar refractivity (Wildman–Crippen MR) is 129 cm³/mol. The summed E-state index contributed by atoms with van der Waals surface area (Å²) in [5, 5.41) is 7.63. The van der Waals surface area contributed by atoms with Crippen molar-refractivity contribution in [2.75, 3.05) is 19.6 Å². The highest BCUT2D eigenvalue weighted by molar-refractivity contribution is 6.07. The zero-order chi connectivity index (χ0) is 24.5. The fourth-order valence-electron chi connectivity index (χ4n) is 5.39. The van der Waals surface area contributed by atoms with E-state index in [4.69, 9.17) is 0 Å². The molecule has 2 aromatic rings. The molecule has 1 N–H and O–H groups in total. The predicted octanol–water partition coefficient (Wildman–Crippen LogP) is 3.75. The van der Waals surface area contributed by atoms with Crippen LogP contribution in [-0.4, -0.2) is 56.7 Å². The fourth-order valence-corrected chi connectivity index (χ4v) is 5.39. The number of hydrogen-bond donors (Lipinski definition) is 1. The molecule has 2 aliphatic heterocycles. The van der Waals surface area contributed by atoms with Crippen LogP contribution in [0.2, 0.25) is 0 Å². The van der Waals surface area contributed by atoms with Gasteiger partial charge in [-0.2, -0.15) is 5.10 Å². The molecule has 34 heavy (non-hydrogen) atoms. The Balaban J connectivity index is 1.53. The SMILES string of the molecule is CCn1cc(CN2CCC([C@]3(Cc4cccc(F)c4)NC(=O)N(CC(C)C)C3=O)CC2)c(C)n1. The van der Waals surface area contributed by atoms with E-state index >= 15 is 0 Å². The van der Waals surface area contributed by atoms with Crippen molar-refractivity contribution < 1.29 is 14.0 Å². The summed E-state index contributed by atoms with van der Waals surface area (Å²) in [6, 6.07) is 6.03. The molecule has 0 radical (unpaired) electrons. The van der Waals surface area contributed by atoms with Gasteiger partial charge in [0.15, 0.2) is 0 Å². The Morgan fingerprint density at radius 1 is 1.24 bits per heavy atom. The number of imide groups is 1. The summed E-state index contributed by atoms with van der Waals surface area (Å²) in [5.74, 6) is -0.343. The molecule has 2 aliphatic rings. The Morgan fingerprint density at radius 3 is 2.59 bits per heavy atom. The molecular formula is C26H36FN5O2.